The summed E-state index contributed by atoms with van der Waals surface area (Å²) in [5, 5.41) is 10.5. The molecule has 3 N–H and O–H groups in total. The Morgan fingerprint density at radius 2 is 1.71 bits per heavy atom. The Morgan fingerprint density at radius 1 is 1.03 bits per heavy atom. The van der Waals surface area contributed by atoms with E-state index in [1.165, 1.54) is 0 Å². The summed E-state index contributed by atoms with van der Waals surface area (Å²) in [4.78, 5) is 35.2. The third kappa shape index (κ3) is 3.93. The molecule has 5 rings (SSSR count). The van der Waals surface area contributed by atoms with Crippen LogP contribution in [0.4, 0.5) is 0 Å². The number of fused-ring (bicyclic) bond motifs is 1. The number of carbonyl (C=O) groups is 1. The molecule has 2 aromatic heterocycles. The Labute approximate surface area is 203 Å². The smallest absolute Gasteiger partial charge is 0.344 e. The van der Waals surface area contributed by atoms with Gasteiger partial charge in [0, 0.05) is 17.1 Å². The number of rotatable bonds is 6. The zero-order chi connectivity index (χ0) is 23.8. The summed E-state index contributed by atoms with van der Waals surface area (Å²) < 4.78 is 2.97. The number of imidazole rings is 1. The van der Waals surface area contributed by atoms with Crippen molar-refractivity contribution >= 4 is 40.3 Å². The van der Waals surface area contributed by atoms with Crippen LogP contribution < -0.4 is 4.87 Å². The van der Waals surface area contributed by atoms with E-state index in [9.17, 15) is 14.7 Å². The second-order valence-corrected chi connectivity index (χ2v) is 9.66. The average Bonchev–Trinajstić information content (AvgIpc) is 3.46. The lowest BCUT2D eigenvalue weighted by Gasteiger charge is -2.11. The molecule has 0 aliphatic carbocycles. The minimum atomic E-state index is -0.995. The molecule has 0 bridgehead atoms. The SMILES string of the molecule is CCSc1nc2c(C)c(-c3ccc(-c4ccccc4-c4nc(=O)s[nH]4)cc3)cc(C(=O)O)c2[nH]1. The summed E-state index contributed by atoms with van der Waals surface area (Å²) in [5.41, 5.74) is 6.83. The van der Waals surface area contributed by atoms with Crippen LogP contribution in [0.15, 0.2) is 64.5 Å². The molecule has 5 aromatic rings. The fourth-order valence-electron chi connectivity index (χ4n) is 4.06. The van der Waals surface area contributed by atoms with Crippen LogP contribution in [-0.2, 0) is 0 Å². The van der Waals surface area contributed by atoms with Gasteiger partial charge in [-0.2, -0.15) is 4.98 Å². The first kappa shape index (κ1) is 22.1. The highest BCUT2D eigenvalue weighted by atomic mass is 32.2. The Bertz CT molecular complexity index is 1580. The molecule has 7 nitrogen and oxygen atoms in total. The second kappa shape index (κ2) is 8.92. The molecule has 3 aromatic carbocycles. The van der Waals surface area contributed by atoms with E-state index in [-0.39, 0.29) is 10.4 Å². The molecule has 0 amide bonds. The van der Waals surface area contributed by atoms with Crippen LogP contribution >= 0.6 is 23.3 Å². The van der Waals surface area contributed by atoms with Gasteiger partial charge in [-0.05, 0) is 46.6 Å². The number of nitrogens with zero attached hydrogens (tertiary/aromatic N) is 2. The topological polar surface area (TPSA) is 112 Å². The number of aromatic nitrogens is 4. The van der Waals surface area contributed by atoms with Crippen molar-refractivity contribution in [1.82, 2.24) is 19.3 Å². The number of carboxylic acids is 1. The lowest BCUT2D eigenvalue weighted by molar-refractivity contribution is 0.0699. The van der Waals surface area contributed by atoms with Gasteiger partial charge >= 0.3 is 10.8 Å². The Kier molecular flexibility index (Phi) is 5.80. The zero-order valence-electron chi connectivity index (χ0n) is 18.4. The molecule has 34 heavy (non-hydrogen) atoms. The molecule has 0 atom stereocenters. The predicted octanol–water partition coefficient (Wildman–Crippen LogP) is 5.83. The van der Waals surface area contributed by atoms with E-state index in [1.807, 2.05) is 62.4 Å². The monoisotopic (exact) mass is 488 g/mol. The molecular formula is C25H20N4O3S2. The number of carboxylic acid groups (broad SMARTS) is 1. The van der Waals surface area contributed by atoms with Gasteiger partial charge in [-0.25, -0.2) is 9.78 Å². The highest BCUT2D eigenvalue weighted by Gasteiger charge is 2.19. The van der Waals surface area contributed by atoms with Crippen LogP contribution in [0, 0.1) is 6.92 Å². The summed E-state index contributed by atoms with van der Waals surface area (Å²) in [7, 11) is 0. The van der Waals surface area contributed by atoms with E-state index in [0.717, 1.165) is 50.7 Å². The molecule has 0 fully saturated rings. The number of nitrogens with one attached hydrogen (secondary N) is 2. The molecule has 0 aliphatic heterocycles. The van der Waals surface area contributed by atoms with Gasteiger partial charge in [0.2, 0.25) is 0 Å². The lowest BCUT2D eigenvalue weighted by Crippen LogP contribution is -2.00. The number of aromatic carboxylic acids is 1. The fourth-order valence-corrected chi connectivity index (χ4v) is 5.14. The van der Waals surface area contributed by atoms with Crippen molar-refractivity contribution in [3.05, 3.63) is 75.4 Å². The minimum absolute atomic E-state index is 0.202. The van der Waals surface area contributed by atoms with E-state index in [4.69, 9.17) is 0 Å². The van der Waals surface area contributed by atoms with Gasteiger partial charge in [-0.3, -0.25) is 9.17 Å². The largest absolute Gasteiger partial charge is 0.478 e. The molecule has 2 heterocycles. The van der Waals surface area contributed by atoms with Crippen LogP contribution in [0.2, 0.25) is 0 Å². The Hall–Kier alpha value is -3.69. The Balaban J connectivity index is 1.60. The third-order valence-electron chi connectivity index (χ3n) is 5.64. The van der Waals surface area contributed by atoms with E-state index in [2.05, 4.69) is 19.3 Å². The van der Waals surface area contributed by atoms with Crippen LogP contribution in [0.1, 0.15) is 22.8 Å². The maximum atomic E-state index is 12.0. The van der Waals surface area contributed by atoms with Crippen molar-refractivity contribution in [2.75, 3.05) is 5.75 Å². The fraction of sp³-hybridized carbons (Fsp3) is 0.120. The number of hydrogen-bond acceptors (Lipinski definition) is 6. The maximum absolute atomic E-state index is 12.0. The van der Waals surface area contributed by atoms with Gasteiger partial charge in [0.15, 0.2) is 11.0 Å². The molecule has 0 spiro atoms. The van der Waals surface area contributed by atoms with Gasteiger partial charge in [-0.1, -0.05) is 67.2 Å². The van der Waals surface area contributed by atoms with Crippen molar-refractivity contribution in [2.24, 2.45) is 0 Å². The zero-order valence-corrected chi connectivity index (χ0v) is 20.0. The number of aryl methyl sites for hydroxylation is 1. The molecular weight excluding hydrogens is 468 g/mol. The van der Waals surface area contributed by atoms with Crippen LogP contribution in [0.5, 0.6) is 0 Å². The average molecular weight is 489 g/mol. The van der Waals surface area contributed by atoms with Crippen molar-refractivity contribution in [2.45, 2.75) is 19.0 Å². The molecule has 0 radical (unpaired) electrons. The number of thioether (sulfide) groups is 1. The number of H-pyrrole nitrogens is 2. The van der Waals surface area contributed by atoms with Crippen molar-refractivity contribution in [3.63, 3.8) is 0 Å². The molecule has 170 valence electrons. The van der Waals surface area contributed by atoms with Crippen molar-refractivity contribution < 1.29 is 9.90 Å². The Morgan fingerprint density at radius 3 is 2.32 bits per heavy atom. The molecule has 0 aliphatic rings. The van der Waals surface area contributed by atoms with Crippen LogP contribution in [0.3, 0.4) is 0 Å². The van der Waals surface area contributed by atoms with E-state index < -0.39 is 5.97 Å². The van der Waals surface area contributed by atoms with Crippen LogP contribution in [-0.4, -0.2) is 36.2 Å². The molecule has 0 saturated carbocycles. The predicted molar refractivity (Wildman–Crippen MR) is 137 cm³/mol. The van der Waals surface area contributed by atoms with E-state index in [1.54, 1.807) is 17.8 Å². The quantitative estimate of drug-likeness (QED) is 0.259. The van der Waals surface area contributed by atoms with Crippen LogP contribution in [0.25, 0.3) is 44.7 Å². The number of benzene rings is 3. The first-order valence-corrected chi connectivity index (χ1v) is 12.4. The van der Waals surface area contributed by atoms with Gasteiger partial charge in [-0.15, -0.1) is 0 Å². The molecule has 9 heteroatoms. The highest BCUT2D eigenvalue weighted by Crippen LogP contribution is 2.35. The van der Waals surface area contributed by atoms with Gasteiger partial charge < -0.3 is 10.1 Å². The third-order valence-corrected chi connectivity index (χ3v) is 6.95. The van der Waals surface area contributed by atoms with Gasteiger partial charge in [0.1, 0.15) is 0 Å². The van der Waals surface area contributed by atoms with E-state index >= 15 is 0 Å². The highest BCUT2D eigenvalue weighted by molar-refractivity contribution is 7.99. The maximum Gasteiger partial charge on any atom is 0.344 e. The van der Waals surface area contributed by atoms with Gasteiger partial charge in [0.05, 0.1) is 16.6 Å². The minimum Gasteiger partial charge on any atom is -0.478 e. The summed E-state index contributed by atoms with van der Waals surface area (Å²) in [6.45, 7) is 3.99. The van der Waals surface area contributed by atoms with Crippen molar-refractivity contribution in [1.29, 1.82) is 0 Å². The second-order valence-electron chi connectivity index (χ2n) is 7.65. The standard InChI is InChI=1S/C25H20N4O3S2/c1-3-33-24-26-20-13(2)18(12-19(23(30)31)21(20)27-24)15-10-8-14(9-11-15)16-6-4-5-7-17(16)22-28-25(32)34-29-22/h4-12H,3H2,1-2H3,(H,26,27)(H,30,31)(H,28,29,32). The number of hydrogen-bond donors (Lipinski definition) is 3. The first-order chi connectivity index (χ1) is 16.5. The summed E-state index contributed by atoms with van der Waals surface area (Å²) in [5.74, 6) is 0.387. The summed E-state index contributed by atoms with van der Waals surface area (Å²) >= 11 is 2.51. The van der Waals surface area contributed by atoms with E-state index in [0.29, 0.717) is 22.0 Å². The summed E-state index contributed by atoms with van der Waals surface area (Å²) in [6, 6.07) is 17.4. The molecule has 0 saturated heterocycles. The van der Waals surface area contributed by atoms with Crippen molar-refractivity contribution in [3.8, 4) is 33.6 Å². The number of aromatic amines is 2. The first-order valence-electron chi connectivity index (χ1n) is 10.6. The molecule has 0 unspecified atom stereocenters. The summed E-state index contributed by atoms with van der Waals surface area (Å²) in [6.07, 6.45) is 0. The lowest BCUT2D eigenvalue weighted by atomic mass is 9.93. The normalized spacial score (nSPS) is 11.2. The van der Waals surface area contributed by atoms with Gasteiger partial charge in [0.25, 0.3) is 0 Å².